The Hall–Kier alpha value is -3.93. The molecule has 2 heterocycles. The summed E-state index contributed by atoms with van der Waals surface area (Å²) in [6.45, 7) is 2.62. The average molecular weight is 662 g/mol. The van der Waals surface area contributed by atoms with Crippen LogP contribution in [0.15, 0.2) is 59.7 Å². The lowest BCUT2D eigenvalue weighted by atomic mass is 9.83. The summed E-state index contributed by atoms with van der Waals surface area (Å²) in [6.07, 6.45) is -8.63. The van der Waals surface area contributed by atoms with Crippen molar-refractivity contribution in [3.63, 3.8) is 0 Å². The van der Waals surface area contributed by atoms with Crippen molar-refractivity contribution in [3.05, 3.63) is 76.6 Å². The summed E-state index contributed by atoms with van der Waals surface area (Å²) in [5.41, 5.74) is 0.677. The summed E-state index contributed by atoms with van der Waals surface area (Å²) in [6, 6.07) is 8.24. The highest BCUT2D eigenvalue weighted by atomic mass is 19.1. The molecule has 0 radical (unpaired) electrons. The predicted molar refractivity (Wildman–Crippen MR) is 158 cm³/mol. The fraction of sp³-hybridized carbons (Fsp3) is 0.438. The zero-order chi connectivity index (χ0) is 34.0. The smallest absolute Gasteiger partial charge is 0.341 e. The fourth-order valence-electron chi connectivity index (χ4n) is 5.57. The third kappa shape index (κ3) is 7.32. The topological polar surface area (TPSA) is 214 Å². The number of hydrogen-bond donors (Lipinski definition) is 7. The molecule has 0 bridgehead atoms. The molecular formula is C32H36FNO13. The first-order valence-electron chi connectivity index (χ1n) is 14.7. The van der Waals surface area contributed by atoms with E-state index in [1.54, 1.807) is 6.92 Å². The summed E-state index contributed by atoms with van der Waals surface area (Å²) in [5, 5.41) is 65.5. The third-order valence-electron chi connectivity index (χ3n) is 8.25. The number of carbonyl (C=O) groups is 2. The van der Waals surface area contributed by atoms with Crippen LogP contribution in [0, 0.1) is 5.82 Å². The molecule has 254 valence electrons. The molecule has 10 atom stereocenters. The monoisotopic (exact) mass is 661 g/mol. The van der Waals surface area contributed by atoms with Gasteiger partial charge in [0.25, 0.3) is 0 Å². The number of esters is 1. The predicted octanol–water partition coefficient (Wildman–Crippen LogP) is -0.114. The number of carbonyl (C=O) groups excluding carboxylic acids is 2. The van der Waals surface area contributed by atoms with Crippen LogP contribution < -0.4 is 10.1 Å². The van der Waals surface area contributed by atoms with Crippen LogP contribution in [0.1, 0.15) is 29.8 Å². The van der Waals surface area contributed by atoms with Gasteiger partial charge in [0.2, 0.25) is 12.2 Å². The van der Waals surface area contributed by atoms with Gasteiger partial charge < -0.3 is 59.6 Å². The van der Waals surface area contributed by atoms with Crippen LogP contribution in [0.2, 0.25) is 0 Å². The summed E-state index contributed by atoms with van der Waals surface area (Å²) in [7, 11) is 0. The van der Waals surface area contributed by atoms with Crippen LogP contribution in [-0.4, -0.2) is 117 Å². The minimum atomic E-state index is -1.52. The van der Waals surface area contributed by atoms with Gasteiger partial charge in [0.05, 0.1) is 11.6 Å². The molecule has 15 heteroatoms. The number of nitrogens with one attached hydrogen (secondary N) is 1. The molecule has 1 aliphatic carbocycles. The van der Waals surface area contributed by atoms with Gasteiger partial charge in [-0.05, 0) is 61.4 Å². The Morgan fingerprint density at radius 3 is 2.36 bits per heavy atom. The minimum absolute atomic E-state index is 0.0996. The van der Waals surface area contributed by atoms with E-state index in [1.165, 1.54) is 55.5 Å². The van der Waals surface area contributed by atoms with Crippen molar-refractivity contribution in [2.75, 3.05) is 13.4 Å². The lowest BCUT2D eigenvalue weighted by Crippen LogP contribution is -2.67. The molecule has 5 rings (SSSR count). The third-order valence-corrected chi connectivity index (χ3v) is 8.25. The van der Waals surface area contributed by atoms with Gasteiger partial charge in [0.15, 0.2) is 11.5 Å². The van der Waals surface area contributed by atoms with Gasteiger partial charge in [0.1, 0.15) is 68.0 Å². The van der Waals surface area contributed by atoms with Gasteiger partial charge in [-0.15, -0.1) is 0 Å². The van der Waals surface area contributed by atoms with E-state index in [0.717, 1.165) is 6.07 Å². The number of amides is 1. The molecule has 3 aliphatic rings. The molecule has 47 heavy (non-hydrogen) atoms. The number of phenolic OH excluding ortho intramolecular Hbond substituents is 1. The number of hydrogen-bond acceptors (Lipinski definition) is 13. The molecule has 0 aromatic heterocycles. The molecule has 2 aliphatic heterocycles. The van der Waals surface area contributed by atoms with E-state index in [4.69, 9.17) is 23.7 Å². The molecule has 1 amide bonds. The second kappa shape index (κ2) is 14.5. The van der Waals surface area contributed by atoms with Crippen molar-refractivity contribution >= 4 is 18.0 Å². The Bertz CT molecular complexity index is 1530. The van der Waals surface area contributed by atoms with Crippen molar-refractivity contribution in [2.24, 2.45) is 0 Å². The summed E-state index contributed by atoms with van der Waals surface area (Å²) in [4.78, 5) is 25.0. The lowest BCUT2D eigenvalue weighted by molar-refractivity contribution is -0.155. The molecule has 2 saturated heterocycles. The Morgan fingerprint density at radius 1 is 0.957 bits per heavy atom. The van der Waals surface area contributed by atoms with E-state index in [9.17, 15) is 44.6 Å². The number of fused-ring (bicyclic) bond motifs is 1. The number of aromatic hydroxyl groups is 1. The molecule has 0 spiro atoms. The fourth-order valence-corrected chi connectivity index (χ4v) is 5.57. The van der Waals surface area contributed by atoms with Crippen LogP contribution in [0.3, 0.4) is 0 Å². The number of benzene rings is 2. The van der Waals surface area contributed by atoms with E-state index in [0.29, 0.717) is 11.1 Å². The highest BCUT2D eigenvalue weighted by molar-refractivity contribution is 5.97. The lowest BCUT2D eigenvalue weighted by Gasteiger charge is -2.41. The second-order valence-corrected chi connectivity index (χ2v) is 11.5. The van der Waals surface area contributed by atoms with Gasteiger partial charge in [-0.25, -0.2) is 9.18 Å². The molecule has 3 fully saturated rings. The van der Waals surface area contributed by atoms with E-state index in [1.807, 2.05) is 0 Å². The van der Waals surface area contributed by atoms with Gasteiger partial charge in [-0.1, -0.05) is 18.2 Å². The number of aliphatic hydroxyl groups excluding tert-OH is 5. The standard InChI is InChI=1S/C32H36FNO13/c1-14(9-10-43-31(42)17-5-3-4-6-18(17)33)27-25(39)26(40)32(47-27)46-20-8-7-16(12-19(20)35)11-15(2)30(41)34-21-22(36)24(38)29-28(23(21)37)44-13-45-29/h3-9,11-12,21-29,32,35-40H,10,13H2,1-2H3,(H,34,41)/t21-,22+,23-,24-,25+,26+,27+,28+,29-,32+/m1/s1. The minimum Gasteiger partial charge on any atom is -0.504 e. The van der Waals surface area contributed by atoms with E-state index < -0.39 is 78.9 Å². The van der Waals surface area contributed by atoms with E-state index >= 15 is 0 Å². The van der Waals surface area contributed by atoms with Crippen LogP contribution in [0.5, 0.6) is 11.5 Å². The van der Waals surface area contributed by atoms with E-state index in [-0.39, 0.29) is 36.0 Å². The SMILES string of the molecule is CC(=Cc1ccc(O[C@H]2O[C@@H](C(C)=CCOC(=O)c3ccccc3F)[C@@H](O)[C@@H]2O)c(O)c1)C(=O)N[C@@H]1[C@H](O)[C@@H](O)[C@H]2OCO[C@H]2[C@@H]1O. The number of halogens is 1. The quantitative estimate of drug-likeness (QED) is 0.106. The van der Waals surface area contributed by atoms with Crippen molar-refractivity contribution in [3.8, 4) is 11.5 Å². The highest BCUT2D eigenvalue weighted by Crippen LogP contribution is 2.34. The zero-order valence-electron chi connectivity index (χ0n) is 25.3. The normalized spacial score (nSPS) is 32.5. The largest absolute Gasteiger partial charge is 0.504 e. The maximum atomic E-state index is 13.8. The maximum absolute atomic E-state index is 13.8. The van der Waals surface area contributed by atoms with Gasteiger partial charge in [0, 0.05) is 5.57 Å². The van der Waals surface area contributed by atoms with Gasteiger partial charge in [-0.2, -0.15) is 0 Å². The molecule has 1 saturated carbocycles. The highest BCUT2D eigenvalue weighted by Gasteiger charge is 2.53. The van der Waals surface area contributed by atoms with Crippen LogP contribution in [0.4, 0.5) is 4.39 Å². The molecular weight excluding hydrogens is 625 g/mol. The van der Waals surface area contributed by atoms with Crippen LogP contribution >= 0.6 is 0 Å². The molecule has 2 aromatic rings. The van der Waals surface area contributed by atoms with Crippen molar-refractivity contribution in [2.45, 2.75) is 75.0 Å². The Kier molecular flexibility index (Phi) is 10.6. The van der Waals surface area contributed by atoms with E-state index in [2.05, 4.69) is 5.32 Å². The Labute approximate surface area is 268 Å². The number of phenols is 1. The number of rotatable bonds is 9. The molecule has 7 N–H and O–H groups in total. The zero-order valence-corrected chi connectivity index (χ0v) is 25.3. The summed E-state index contributed by atoms with van der Waals surface area (Å²) < 4.78 is 40.6. The molecule has 0 unspecified atom stereocenters. The van der Waals surface area contributed by atoms with Crippen LogP contribution in [0.25, 0.3) is 6.08 Å². The first kappa shape index (κ1) is 34.4. The first-order valence-corrected chi connectivity index (χ1v) is 14.7. The first-order chi connectivity index (χ1) is 22.4. The Morgan fingerprint density at radius 2 is 1.66 bits per heavy atom. The van der Waals surface area contributed by atoms with Gasteiger partial charge >= 0.3 is 5.97 Å². The average Bonchev–Trinajstić information content (AvgIpc) is 3.65. The van der Waals surface area contributed by atoms with Crippen molar-refractivity contribution < 1.29 is 68.3 Å². The van der Waals surface area contributed by atoms with Gasteiger partial charge in [-0.3, -0.25) is 4.79 Å². The van der Waals surface area contributed by atoms with Crippen molar-refractivity contribution in [1.82, 2.24) is 5.32 Å². The number of aliphatic hydroxyl groups is 5. The summed E-state index contributed by atoms with van der Waals surface area (Å²) in [5.74, 6) is -2.74. The number of ether oxygens (including phenoxy) is 5. The molecule has 2 aromatic carbocycles. The van der Waals surface area contributed by atoms with Crippen molar-refractivity contribution in [1.29, 1.82) is 0 Å². The summed E-state index contributed by atoms with van der Waals surface area (Å²) >= 11 is 0. The maximum Gasteiger partial charge on any atom is 0.341 e. The second-order valence-electron chi connectivity index (χ2n) is 11.5. The molecule has 14 nitrogen and oxygen atoms in total. The Balaban J connectivity index is 1.17. The van der Waals surface area contributed by atoms with Crippen LogP contribution in [-0.2, 0) is 23.7 Å².